The van der Waals surface area contributed by atoms with Gasteiger partial charge in [-0.25, -0.2) is 4.79 Å². The molecule has 0 spiro atoms. The monoisotopic (exact) mass is 363 g/mol. The van der Waals surface area contributed by atoms with E-state index in [0.29, 0.717) is 11.5 Å². The van der Waals surface area contributed by atoms with Crippen LogP contribution in [0.1, 0.15) is 21.8 Å². The van der Waals surface area contributed by atoms with Gasteiger partial charge in [-0.15, -0.1) is 10.2 Å². The maximum atomic E-state index is 11.8. The summed E-state index contributed by atoms with van der Waals surface area (Å²) >= 11 is 0. The van der Waals surface area contributed by atoms with Gasteiger partial charge < -0.3 is 14.5 Å². The molecule has 3 aromatic rings. The number of amides is 1. The summed E-state index contributed by atoms with van der Waals surface area (Å²) in [6, 6.07) is 16.1. The van der Waals surface area contributed by atoms with Crippen LogP contribution in [0.4, 0.5) is 0 Å². The van der Waals surface area contributed by atoms with E-state index in [4.69, 9.17) is 9.15 Å². The van der Waals surface area contributed by atoms with Crippen LogP contribution < -0.4 is 5.32 Å². The quantitative estimate of drug-likeness (QED) is 0.535. The molecule has 0 aliphatic heterocycles. The fraction of sp³-hybridized carbons (Fsp3) is 0.100. The first kappa shape index (κ1) is 18.1. The van der Waals surface area contributed by atoms with Gasteiger partial charge in [-0.1, -0.05) is 30.3 Å². The van der Waals surface area contributed by atoms with E-state index in [9.17, 15) is 9.59 Å². The summed E-state index contributed by atoms with van der Waals surface area (Å²) in [7, 11) is 1.57. The minimum atomic E-state index is -0.537. The standard InChI is InChI=1S/C20H17N3O4/c1-21-19(25)15-10-7-14(8-11-15)9-12-18(24)26-13-17-22-23-20(27-17)16-5-3-2-4-6-16/h2-12H,13H2,1H3,(H,21,25)/b12-9+. The largest absolute Gasteiger partial charge is 0.452 e. The smallest absolute Gasteiger partial charge is 0.331 e. The predicted molar refractivity (Wildman–Crippen MR) is 98.4 cm³/mol. The van der Waals surface area contributed by atoms with Gasteiger partial charge in [0.1, 0.15) is 0 Å². The van der Waals surface area contributed by atoms with Crippen LogP contribution >= 0.6 is 0 Å². The molecular weight excluding hydrogens is 346 g/mol. The van der Waals surface area contributed by atoms with Crippen LogP contribution in [-0.4, -0.2) is 29.1 Å². The zero-order chi connectivity index (χ0) is 19.1. The lowest BCUT2D eigenvalue weighted by Gasteiger charge is -2.00. The van der Waals surface area contributed by atoms with Gasteiger partial charge in [-0.05, 0) is 35.9 Å². The highest BCUT2D eigenvalue weighted by Crippen LogP contribution is 2.17. The molecule has 1 amide bonds. The molecule has 2 aromatic carbocycles. The van der Waals surface area contributed by atoms with Gasteiger partial charge >= 0.3 is 5.97 Å². The number of hydrogen-bond donors (Lipinski definition) is 1. The van der Waals surface area contributed by atoms with Gasteiger partial charge in [0.2, 0.25) is 5.89 Å². The van der Waals surface area contributed by atoms with E-state index < -0.39 is 5.97 Å². The Morgan fingerprint density at radius 2 is 1.81 bits per heavy atom. The normalized spacial score (nSPS) is 10.7. The van der Waals surface area contributed by atoms with Crippen LogP contribution in [0.15, 0.2) is 65.1 Å². The van der Waals surface area contributed by atoms with E-state index in [1.807, 2.05) is 30.3 Å². The van der Waals surface area contributed by atoms with E-state index in [0.717, 1.165) is 11.1 Å². The third-order valence-electron chi connectivity index (χ3n) is 3.64. The van der Waals surface area contributed by atoms with Crippen LogP contribution in [0.25, 0.3) is 17.5 Å². The van der Waals surface area contributed by atoms with Crippen LogP contribution in [0.5, 0.6) is 0 Å². The molecule has 0 radical (unpaired) electrons. The van der Waals surface area contributed by atoms with Gasteiger partial charge in [0.15, 0.2) is 6.61 Å². The Hall–Kier alpha value is -3.74. The number of nitrogens with one attached hydrogen (secondary N) is 1. The predicted octanol–water partition coefficient (Wildman–Crippen LogP) is 2.85. The molecule has 0 atom stereocenters. The van der Waals surface area contributed by atoms with Gasteiger partial charge in [-0.3, -0.25) is 4.79 Å². The molecule has 0 aliphatic carbocycles. The number of hydrogen-bond acceptors (Lipinski definition) is 6. The highest BCUT2D eigenvalue weighted by molar-refractivity contribution is 5.94. The van der Waals surface area contributed by atoms with E-state index in [1.54, 1.807) is 37.4 Å². The Bertz CT molecular complexity index is 947. The summed E-state index contributed by atoms with van der Waals surface area (Å²) < 4.78 is 10.6. The number of nitrogens with zero attached hydrogens (tertiary/aromatic N) is 2. The number of carbonyl (C=O) groups is 2. The number of esters is 1. The van der Waals surface area contributed by atoms with Crippen molar-refractivity contribution in [3.8, 4) is 11.5 Å². The summed E-state index contributed by atoms with van der Waals surface area (Å²) in [4.78, 5) is 23.3. The molecule has 0 fully saturated rings. The first-order valence-corrected chi connectivity index (χ1v) is 8.20. The number of ether oxygens (including phenoxy) is 1. The second kappa shape index (κ2) is 8.57. The molecule has 27 heavy (non-hydrogen) atoms. The van der Waals surface area contributed by atoms with Gasteiger partial charge in [0.05, 0.1) is 0 Å². The van der Waals surface area contributed by atoms with Crippen molar-refractivity contribution in [3.63, 3.8) is 0 Å². The van der Waals surface area contributed by atoms with E-state index in [2.05, 4.69) is 15.5 Å². The lowest BCUT2D eigenvalue weighted by Crippen LogP contribution is -2.17. The van der Waals surface area contributed by atoms with Crippen molar-refractivity contribution < 1.29 is 18.7 Å². The highest BCUT2D eigenvalue weighted by atomic mass is 16.5. The highest BCUT2D eigenvalue weighted by Gasteiger charge is 2.09. The second-order valence-corrected chi connectivity index (χ2v) is 5.51. The molecule has 7 nitrogen and oxygen atoms in total. The van der Waals surface area contributed by atoms with Gasteiger partial charge in [0.25, 0.3) is 11.8 Å². The number of carbonyl (C=O) groups excluding carboxylic acids is 2. The molecular formula is C20H17N3O4. The van der Waals surface area contributed by atoms with Crippen molar-refractivity contribution in [3.05, 3.63) is 77.7 Å². The summed E-state index contributed by atoms with van der Waals surface area (Å²) in [5.41, 5.74) is 2.11. The Morgan fingerprint density at radius 1 is 1.07 bits per heavy atom. The first-order chi connectivity index (χ1) is 13.2. The maximum Gasteiger partial charge on any atom is 0.331 e. The first-order valence-electron chi connectivity index (χ1n) is 8.20. The Morgan fingerprint density at radius 3 is 2.52 bits per heavy atom. The van der Waals surface area contributed by atoms with Crippen molar-refractivity contribution in [1.82, 2.24) is 15.5 Å². The molecule has 136 valence electrons. The summed E-state index contributed by atoms with van der Waals surface area (Å²) in [6.07, 6.45) is 2.89. The molecule has 1 heterocycles. The molecule has 1 aromatic heterocycles. The molecule has 0 saturated carbocycles. The average Bonchev–Trinajstić information content (AvgIpc) is 3.20. The zero-order valence-corrected chi connectivity index (χ0v) is 14.6. The second-order valence-electron chi connectivity index (χ2n) is 5.51. The maximum absolute atomic E-state index is 11.8. The average molecular weight is 363 g/mol. The molecule has 0 saturated heterocycles. The number of benzene rings is 2. The van der Waals surface area contributed by atoms with Crippen molar-refractivity contribution in [1.29, 1.82) is 0 Å². The topological polar surface area (TPSA) is 94.3 Å². The van der Waals surface area contributed by atoms with Crippen molar-refractivity contribution in [2.75, 3.05) is 7.05 Å². The summed E-state index contributed by atoms with van der Waals surface area (Å²) in [5, 5.41) is 10.3. The van der Waals surface area contributed by atoms with E-state index >= 15 is 0 Å². The fourth-order valence-corrected chi connectivity index (χ4v) is 2.24. The van der Waals surface area contributed by atoms with Crippen LogP contribution in [0.2, 0.25) is 0 Å². The van der Waals surface area contributed by atoms with Gasteiger partial charge in [-0.2, -0.15) is 0 Å². The third-order valence-corrected chi connectivity index (χ3v) is 3.64. The summed E-state index contributed by atoms with van der Waals surface area (Å²) in [6.45, 7) is -0.112. The number of aromatic nitrogens is 2. The summed E-state index contributed by atoms with van der Waals surface area (Å²) in [5.74, 6) is -0.122. The molecule has 1 N–H and O–H groups in total. The van der Waals surface area contributed by atoms with Crippen molar-refractivity contribution >= 4 is 18.0 Å². The minimum absolute atomic E-state index is 0.112. The number of rotatable bonds is 6. The third kappa shape index (κ3) is 4.88. The van der Waals surface area contributed by atoms with Crippen LogP contribution in [0, 0.1) is 0 Å². The minimum Gasteiger partial charge on any atom is -0.452 e. The Labute approximate surface area is 155 Å². The molecule has 0 bridgehead atoms. The Balaban J connectivity index is 1.53. The van der Waals surface area contributed by atoms with E-state index in [1.165, 1.54) is 6.08 Å². The Kier molecular flexibility index (Phi) is 5.73. The van der Waals surface area contributed by atoms with Gasteiger partial charge in [0, 0.05) is 24.3 Å². The van der Waals surface area contributed by atoms with Crippen LogP contribution in [0.3, 0.4) is 0 Å². The zero-order valence-electron chi connectivity index (χ0n) is 14.6. The molecule has 0 aliphatic rings. The van der Waals surface area contributed by atoms with E-state index in [-0.39, 0.29) is 18.4 Å². The van der Waals surface area contributed by atoms with Crippen LogP contribution in [-0.2, 0) is 16.1 Å². The molecule has 0 unspecified atom stereocenters. The lowest BCUT2D eigenvalue weighted by atomic mass is 10.1. The lowest BCUT2D eigenvalue weighted by molar-refractivity contribution is -0.139. The van der Waals surface area contributed by atoms with Crippen molar-refractivity contribution in [2.45, 2.75) is 6.61 Å². The van der Waals surface area contributed by atoms with Crippen molar-refractivity contribution in [2.24, 2.45) is 0 Å². The molecule has 3 rings (SSSR count). The molecule has 7 heteroatoms. The fourth-order valence-electron chi connectivity index (χ4n) is 2.24. The SMILES string of the molecule is CNC(=O)c1ccc(/C=C/C(=O)OCc2nnc(-c3ccccc3)o2)cc1.